The van der Waals surface area contributed by atoms with Crippen LogP contribution < -0.4 is 15.0 Å². The van der Waals surface area contributed by atoms with Crippen LogP contribution in [0.5, 0.6) is 5.75 Å². The molecule has 2 atom stereocenters. The summed E-state index contributed by atoms with van der Waals surface area (Å²) >= 11 is 0. The summed E-state index contributed by atoms with van der Waals surface area (Å²) in [5, 5.41) is 2.83. The molecule has 164 valence electrons. The fourth-order valence-electron chi connectivity index (χ4n) is 3.92. The van der Waals surface area contributed by atoms with Crippen LogP contribution in [0.4, 0.5) is 11.4 Å². The van der Waals surface area contributed by atoms with Crippen molar-refractivity contribution >= 4 is 23.2 Å². The predicted octanol–water partition coefficient (Wildman–Crippen LogP) is 3.05. The van der Waals surface area contributed by atoms with Crippen molar-refractivity contribution in [3.05, 3.63) is 54.1 Å². The lowest BCUT2D eigenvalue weighted by Crippen LogP contribution is -2.44. The Bertz CT molecular complexity index is 923. The van der Waals surface area contributed by atoms with Crippen molar-refractivity contribution in [2.75, 3.05) is 37.5 Å². The highest BCUT2D eigenvalue weighted by atomic mass is 16.5. The van der Waals surface area contributed by atoms with Crippen molar-refractivity contribution in [2.24, 2.45) is 0 Å². The summed E-state index contributed by atoms with van der Waals surface area (Å²) in [6.45, 7) is 1.71. The van der Waals surface area contributed by atoms with Crippen molar-refractivity contribution in [2.45, 2.75) is 38.0 Å². The second kappa shape index (κ2) is 9.39. The summed E-state index contributed by atoms with van der Waals surface area (Å²) in [6.07, 6.45) is 1.13. The number of carbonyl (C=O) groups is 2. The second-order valence-electron chi connectivity index (χ2n) is 8.27. The molecule has 7 nitrogen and oxygen atoms in total. The lowest BCUT2D eigenvalue weighted by molar-refractivity contribution is -0.138. The van der Waals surface area contributed by atoms with Gasteiger partial charge in [0.2, 0.25) is 5.91 Å². The van der Waals surface area contributed by atoms with Crippen LogP contribution in [0.15, 0.2) is 48.5 Å². The number of amides is 2. The minimum absolute atomic E-state index is 0.0112. The van der Waals surface area contributed by atoms with Gasteiger partial charge >= 0.3 is 0 Å². The average molecular weight is 424 g/mol. The topological polar surface area (TPSA) is 71.1 Å². The summed E-state index contributed by atoms with van der Waals surface area (Å²) in [4.78, 5) is 29.5. The van der Waals surface area contributed by atoms with E-state index in [1.807, 2.05) is 55.4 Å². The Morgan fingerprint density at radius 3 is 2.61 bits per heavy atom. The molecule has 1 saturated heterocycles. The van der Waals surface area contributed by atoms with Crippen LogP contribution in [-0.2, 0) is 20.9 Å². The minimum Gasteiger partial charge on any atom is -0.478 e. The molecule has 0 bridgehead atoms. The number of rotatable bonds is 7. The number of ether oxygens (including phenoxy) is 2. The molecule has 0 radical (unpaired) electrons. The van der Waals surface area contributed by atoms with Crippen molar-refractivity contribution in [1.29, 1.82) is 0 Å². The van der Waals surface area contributed by atoms with E-state index in [0.717, 1.165) is 30.7 Å². The first-order chi connectivity index (χ1) is 15.0. The number of nitrogens with one attached hydrogen (secondary N) is 1. The van der Waals surface area contributed by atoms with Crippen molar-refractivity contribution < 1.29 is 19.1 Å². The number of fused-ring (bicyclic) bond motifs is 1. The van der Waals surface area contributed by atoms with Gasteiger partial charge in [0.1, 0.15) is 5.75 Å². The molecule has 2 heterocycles. The van der Waals surface area contributed by atoms with Gasteiger partial charge in [-0.3, -0.25) is 9.59 Å². The Hall–Kier alpha value is -3.06. The summed E-state index contributed by atoms with van der Waals surface area (Å²) < 4.78 is 11.6. The number of benzene rings is 2. The van der Waals surface area contributed by atoms with Gasteiger partial charge in [-0.15, -0.1) is 0 Å². The van der Waals surface area contributed by atoms with E-state index in [0.29, 0.717) is 24.5 Å². The largest absolute Gasteiger partial charge is 0.478 e. The molecule has 2 aromatic rings. The first-order valence-electron chi connectivity index (χ1n) is 10.7. The summed E-state index contributed by atoms with van der Waals surface area (Å²) in [5.41, 5.74) is 2.77. The second-order valence-corrected chi connectivity index (χ2v) is 8.27. The Morgan fingerprint density at radius 2 is 1.90 bits per heavy atom. The molecule has 0 aromatic heterocycles. The van der Waals surface area contributed by atoms with E-state index in [1.165, 1.54) is 0 Å². The van der Waals surface area contributed by atoms with Gasteiger partial charge in [-0.1, -0.05) is 24.3 Å². The summed E-state index contributed by atoms with van der Waals surface area (Å²) in [6, 6.07) is 15.4. The van der Waals surface area contributed by atoms with Gasteiger partial charge in [0.15, 0.2) is 6.10 Å². The smallest absolute Gasteiger partial charge is 0.266 e. The Labute approximate surface area is 182 Å². The highest BCUT2D eigenvalue weighted by molar-refractivity contribution is 5.99. The summed E-state index contributed by atoms with van der Waals surface area (Å²) in [5.74, 6) is 0.177. The van der Waals surface area contributed by atoms with Crippen LogP contribution >= 0.6 is 0 Å². The lowest BCUT2D eigenvalue weighted by atomic mass is 10.1. The normalized spacial score (nSPS) is 19.9. The van der Waals surface area contributed by atoms with Gasteiger partial charge < -0.3 is 24.6 Å². The number of hydrogen-bond acceptors (Lipinski definition) is 5. The maximum absolute atomic E-state index is 13.2. The minimum atomic E-state index is -0.842. The van der Waals surface area contributed by atoms with Crippen molar-refractivity contribution in [3.63, 3.8) is 0 Å². The quantitative estimate of drug-likeness (QED) is 0.741. The first-order valence-corrected chi connectivity index (χ1v) is 10.7. The van der Waals surface area contributed by atoms with Crippen LogP contribution in [0, 0.1) is 0 Å². The fourth-order valence-corrected chi connectivity index (χ4v) is 3.92. The molecule has 0 unspecified atom stereocenters. The van der Waals surface area contributed by atoms with Gasteiger partial charge in [0.25, 0.3) is 5.91 Å². The number of nitrogens with zero attached hydrogens (tertiary/aromatic N) is 2. The molecule has 2 amide bonds. The van der Waals surface area contributed by atoms with Gasteiger partial charge in [-0.2, -0.15) is 0 Å². The van der Waals surface area contributed by atoms with E-state index in [1.54, 1.807) is 17.0 Å². The van der Waals surface area contributed by atoms with Crippen molar-refractivity contribution in [1.82, 2.24) is 4.90 Å². The van der Waals surface area contributed by atoms with Crippen molar-refractivity contribution in [3.8, 4) is 5.75 Å². The monoisotopic (exact) mass is 423 g/mol. The molecule has 0 spiro atoms. The Morgan fingerprint density at radius 1 is 1.13 bits per heavy atom. The summed E-state index contributed by atoms with van der Waals surface area (Å²) in [7, 11) is 3.99. The highest BCUT2D eigenvalue weighted by Gasteiger charge is 2.32. The standard InChI is InChI=1S/C24H29N3O4/c1-26(2)18-11-9-17(10-12-18)15-27(16-19-6-5-13-30-19)23(28)14-22-24(29)25-20-7-3-4-8-21(20)31-22/h3-4,7-12,19,22H,5-6,13-16H2,1-2H3,(H,25,29)/t19-,22+/m0/s1. The number of para-hydroxylation sites is 2. The van der Waals surface area contributed by atoms with Crippen LogP contribution in [-0.4, -0.2) is 56.2 Å². The van der Waals surface area contributed by atoms with E-state index in [9.17, 15) is 9.59 Å². The third kappa shape index (κ3) is 5.17. The van der Waals surface area contributed by atoms with Gasteiger partial charge in [0, 0.05) is 39.5 Å². The van der Waals surface area contributed by atoms with E-state index in [4.69, 9.17) is 9.47 Å². The van der Waals surface area contributed by atoms with E-state index >= 15 is 0 Å². The van der Waals surface area contributed by atoms with Gasteiger partial charge in [-0.05, 0) is 42.7 Å². The maximum Gasteiger partial charge on any atom is 0.266 e. The average Bonchev–Trinajstić information content (AvgIpc) is 3.27. The molecule has 4 rings (SSSR count). The zero-order chi connectivity index (χ0) is 21.8. The van der Waals surface area contributed by atoms with Crippen LogP contribution in [0.1, 0.15) is 24.8 Å². The first kappa shape index (κ1) is 21.2. The van der Waals surface area contributed by atoms with Gasteiger partial charge in [-0.25, -0.2) is 0 Å². The molecule has 0 aliphatic carbocycles. The molecule has 31 heavy (non-hydrogen) atoms. The third-order valence-corrected chi connectivity index (χ3v) is 5.69. The van der Waals surface area contributed by atoms with E-state index < -0.39 is 6.10 Å². The molecule has 1 N–H and O–H groups in total. The van der Waals surface area contributed by atoms with Crippen LogP contribution in [0.2, 0.25) is 0 Å². The van der Waals surface area contributed by atoms with Crippen LogP contribution in [0.25, 0.3) is 0 Å². The predicted molar refractivity (Wildman–Crippen MR) is 119 cm³/mol. The molecule has 2 aliphatic rings. The Balaban J connectivity index is 1.46. The number of hydrogen-bond donors (Lipinski definition) is 1. The maximum atomic E-state index is 13.2. The molecule has 2 aliphatic heterocycles. The zero-order valence-corrected chi connectivity index (χ0v) is 18.0. The molecular weight excluding hydrogens is 394 g/mol. The molecule has 0 saturated carbocycles. The number of carbonyl (C=O) groups excluding carboxylic acids is 2. The SMILES string of the molecule is CN(C)c1ccc(CN(C[C@@H]2CCCO2)C(=O)C[C@H]2Oc3ccccc3NC2=O)cc1. The highest BCUT2D eigenvalue weighted by Crippen LogP contribution is 2.30. The molecule has 1 fully saturated rings. The van der Waals surface area contributed by atoms with Gasteiger partial charge in [0.05, 0.1) is 18.2 Å². The third-order valence-electron chi connectivity index (χ3n) is 5.69. The molecule has 7 heteroatoms. The Kier molecular flexibility index (Phi) is 6.42. The van der Waals surface area contributed by atoms with E-state index in [2.05, 4.69) is 5.32 Å². The fraction of sp³-hybridized carbons (Fsp3) is 0.417. The van der Waals surface area contributed by atoms with E-state index in [-0.39, 0.29) is 24.3 Å². The van der Waals surface area contributed by atoms with Crippen LogP contribution in [0.3, 0.4) is 0 Å². The lowest BCUT2D eigenvalue weighted by Gasteiger charge is -2.29. The number of anilines is 2. The molecule has 2 aromatic carbocycles. The zero-order valence-electron chi connectivity index (χ0n) is 18.0. The molecular formula is C24H29N3O4.